The molecule has 1 heterocycles. The third-order valence-electron chi connectivity index (χ3n) is 4.20. The van der Waals surface area contributed by atoms with Crippen LogP contribution in [0.15, 0.2) is 23.2 Å². The molecule has 27 heavy (non-hydrogen) atoms. The molecular weight excluding hydrogens is 465 g/mol. The Labute approximate surface area is 178 Å². The highest BCUT2D eigenvalue weighted by atomic mass is 127. The van der Waals surface area contributed by atoms with Crippen molar-refractivity contribution in [2.24, 2.45) is 10.9 Å². The monoisotopic (exact) mass is 496 g/mol. The molecule has 5 nitrogen and oxygen atoms in total. The summed E-state index contributed by atoms with van der Waals surface area (Å²) in [5, 5.41) is 6.43. The molecule has 2 rings (SSSR count). The number of morpholine rings is 1. The van der Waals surface area contributed by atoms with Gasteiger partial charge in [-0.05, 0) is 30.0 Å². The van der Waals surface area contributed by atoms with Crippen molar-refractivity contribution in [3.05, 3.63) is 35.4 Å². The van der Waals surface area contributed by atoms with Gasteiger partial charge in [0.2, 0.25) is 0 Å². The van der Waals surface area contributed by atoms with Gasteiger partial charge in [-0.1, -0.05) is 13.8 Å². The molecule has 1 aliphatic heterocycles. The van der Waals surface area contributed by atoms with Gasteiger partial charge in [0.1, 0.15) is 11.6 Å². The van der Waals surface area contributed by atoms with E-state index < -0.39 is 11.6 Å². The van der Waals surface area contributed by atoms with Crippen LogP contribution in [0.4, 0.5) is 8.78 Å². The Morgan fingerprint density at radius 1 is 1.26 bits per heavy atom. The number of hydrogen-bond donors (Lipinski definition) is 2. The summed E-state index contributed by atoms with van der Waals surface area (Å²) in [5.74, 6) is 0.195. The number of guanidine groups is 1. The summed E-state index contributed by atoms with van der Waals surface area (Å²) in [6.07, 6.45) is 0.635. The third-order valence-corrected chi connectivity index (χ3v) is 4.20. The number of rotatable bonds is 7. The zero-order valence-corrected chi connectivity index (χ0v) is 18.6. The molecule has 0 spiro atoms. The van der Waals surface area contributed by atoms with Gasteiger partial charge in [-0.25, -0.2) is 8.78 Å². The second-order valence-corrected chi connectivity index (χ2v) is 7.05. The third kappa shape index (κ3) is 9.16. The van der Waals surface area contributed by atoms with Gasteiger partial charge in [-0.3, -0.25) is 9.89 Å². The first-order valence-corrected chi connectivity index (χ1v) is 9.19. The van der Waals surface area contributed by atoms with Crippen LogP contribution in [0.25, 0.3) is 0 Å². The summed E-state index contributed by atoms with van der Waals surface area (Å²) >= 11 is 0. The van der Waals surface area contributed by atoms with E-state index in [0.29, 0.717) is 37.0 Å². The zero-order chi connectivity index (χ0) is 18.9. The maximum absolute atomic E-state index is 13.2. The van der Waals surface area contributed by atoms with Crippen molar-refractivity contribution in [2.75, 3.05) is 46.4 Å². The molecule has 1 fully saturated rings. The van der Waals surface area contributed by atoms with Gasteiger partial charge in [0.05, 0.1) is 12.7 Å². The average Bonchev–Trinajstić information content (AvgIpc) is 2.57. The first-order chi connectivity index (χ1) is 12.5. The van der Waals surface area contributed by atoms with Crippen LogP contribution >= 0.6 is 24.0 Å². The lowest BCUT2D eigenvalue weighted by atomic mass is 10.1. The Balaban J connectivity index is 0.00000364. The summed E-state index contributed by atoms with van der Waals surface area (Å²) < 4.78 is 32.2. The Kier molecular flexibility index (Phi) is 11.1. The second kappa shape index (κ2) is 12.5. The molecule has 0 bridgehead atoms. The van der Waals surface area contributed by atoms with Gasteiger partial charge < -0.3 is 15.4 Å². The van der Waals surface area contributed by atoms with Gasteiger partial charge in [0.25, 0.3) is 0 Å². The smallest absolute Gasteiger partial charge is 0.191 e. The maximum atomic E-state index is 13.2. The molecule has 1 aromatic rings. The highest BCUT2D eigenvalue weighted by Gasteiger charge is 2.21. The lowest BCUT2D eigenvalue weighted by Gasteiger charge is -2.34. The van der Waals surface area contributed by atoms with Crippen LogP contribution in [0.2, 0.25) is 0 Å². The van der Waals surface area contributed by atoms with Crippen molar-refractivity contribution in [3.63, 3.8) is 0 Å². The first kappa shape index (κ1) is 24.0. The molecule has 1 saturated heterocycles. The van der Waals surface area contributed by atoms with Gasteiger partial charge in [0.15, 0.2) is 5.96 Å². The molecule has 0 saturated carbocycles. The minimum absolute atomic E-state index is 0. The van der Waals surface area contributed by atoms with E-state index in [1.54, 1.807) is 7.05 Å². The van der Waals surface area contributed by atoms with Gasteiger partial charge in [-0.2, -0.15) is 0 Å². The summed E-state index contributed by atoms with van der Waals surface area (Å²) in [4.78, 5) is 6.61. The molecule has 1 aromatic carbocycles. The minimum Gasteiger partial charge on any atom is -0.374 e. The molecular formula is C19H31F2IN4O. The fourth-order valence-electron chi connectivity index (χ4n) is 3.10. The van der Waals surface area contributed by atoms with Gasteiger partial charge >= 0.3 is 0 Å². The van der Waals surface area contributed by atoms with Crippen LogP contribution in [0.1, 0.15) is 19.4 Å². The van der Waals surface area contributed by atoms with Crippen LogP contribution in [0, 0.1) is 17.6 Å². The van der Waals surface area contributed by atoms with E-state index in [1.165, 1.54) is 12.1 Å². The van der Waals surface area contributed by atoms with E-state index in [-0.39, 0.29) is 30.1 Å². The van der Waals surface area contributed by atoms with Crippen LogP contribution in [0.3, 0.4) is 0 Å². The SMILES string of the molecule is CN=C(NCCc1cc(F)cc(F)c1)NCC1CN(CC(C)C)CCO1.I. The number of nitrogens with zero attached hydrogens (tertiary/aromatic N) is 2. The molecule has 0 aliphatic carbocycles. The standard InChI is InChI=1S/C19H30F2N4O.HI/c1-14(2)12-25-6-7-26-18(13-25)11-24-19(22-3)23-5-4-15-8-16(20)10-17(21)9-15;/h8-10,14,18H,4-7,11-13H2,1-3H3,(H2,22,23,24);1H. The van der Waals surface area contributed by atoms with Crippen LogP contribution in [-0.4, -0.2) is 63.3 Å². The molecule has 0 radical (unpaired) electrons. The highest BCUT2D eigenvalue weighted by molar-refractivity contribution is 14.0. The summed E-state index contributed by atoms with van der Waals surface area (Å²) in [6.45, 7) is 9.36. The van der Waals surface area contributed by atoms with Crippen LogP contribution in [0.5, 0.6) is 0 Å². The predicted molar refractivity (Wildman–Crippen MR) is 116 cm³/mol. The highest BCUT2D eigenvalue weighted by Crippen LogP contribution is 2.09. The molecule has 0 amide bonds. The predicted octanol–water partition coefficient (Wildman–Crippen LogP) is 2.65. The second-order valence-electron chi connectivity index (χ2n) is 7.05. The molecule has 2 N–H and O–H groups in total. The molecule has 0 aromatic heterocycles. The number of benzene rings is 1. The van der Waals surface area contributed by atoms with Gasteiger partial charge in [-0.15, -0.1) is 24.0 Å². The molecule has 8 heteroatoms. The Morgan fingerprint density at radius 3 is 2.59 bits per heavy atom. The summed E-state index contributed by atoms with van der Waals surface area (Å²) in [7, 11) is 1.70. The lowest BCUT2D eigenvalue weighted by Crippen LogP contribution is -2.50. The van der Waals surface area contributed by atoms with E-state index in [4.69, 9.17) is 4.74 Å². The van der Waals surface area contributed by atoms with Crippen molar-refractivity contribution in [3.8, 4) is 0 Å². The fourth-order valence-corrected chi connectivity index (χ4v) is 3.10. The Hall–Kier alpha value is -1.00. The van der Waals surface area contributed by atoms with E-state index in [0.717, 1.165) is 32.3 Å². The number of nitrogens with one attached hydrogen (secondary N) is 2. The number of halogens is 3. The molecule has 154 valence electrons. The van der Waals surface area contributed by atoms with Crippen molar-refractivity contribution >= 4 is 29.9 Å². The first-order valence-electron chi connectivity index (χ1n) is 9.19. The largest absolute Gasteiger partial charge is 0.374 e. The number of aliphatic imine (C=N–C) groups is 1. The molecule has 1 atom stereocenters. The van der Waals surface area contributed by atoms with E-state index in [2.05, 4.69) is 34.4 Å². The normalized spacial score (nSPS) is 18.3. The minimum atomic E-state index is -0.553. The topological polar surface area (TPSA) is 48.9 Å². The number of hydrogen-bond acceptors (Lipinski definition) is 3. The van der Waals surface area contributed by atoms with Crippen LogP contribution in [-0.2, 0) is 11.2 Å². The quantitative estimate of drug-likeness (QED) is 0.347. The van der Waals surface area contributed by atoms with Crippen LogP contribution < -0.4 is 10.6 Å². The summed E-state index contributed by atoms with van der Waals surface area (Å²) in [5.41, 5.74) is 0.616. The molecule has 1 unspecified atom stereocenters. The summed E-state index contributed by atoms with van der Waals surface area (Å²) in [6, 6.07) is 3.57. The van der Waals surface area contributed by atoms with Crippen molar-refractivity contribution in [2.45, 2.75) is 26.4 Å². The lowest BCUT2D eigenvalue weighted by molar-refractivity contribution is -0.0284. The average molecular weight is 496 g/mol. The number of ether oxygens (including phenoxy) is 1. The maximum Gasteiger partial charge on any atom is 0.191 e. The zero-order valence-electron chi connectivity index (χ0n) is 16.3. The van der Waals surface area contributed by atoms with Gasteiger partial charge in [0, 0.05) is 45.8 Å². The fraction of sp³-hybridized carbons (Fsp3) is 0.632. The van der Waals surface area contributed by atoms with E-state index >= 15 is 0 Å². The van der Waals surface area contributed by atoms with Crippen molar-refractivity contribution in [1.29, 1.82) is 0 Å². The van der Waals surface area contributed by atoms with E-state index in [9.17, 15) is 8.78 Å². The molecule has 1 aliphatic rings. The van der Waals surface area contributed by atoms with E-state index in [1.807, 2.05) is 0 Å². The Bertz CT molecular complexity index is 581. The van der Waals surface area contributed by atoms with Crippen molar-refractivity contribution < 1.29 is 13.5 Å². The Morgan fingerprint density at radius 2 is 1.96 bits per heavy atom. The van der Waals surface area contributed by atoms with Crippen molar-refractivity contribution in [1.82, 2.24) is 15.5 Å².